The van der Waals surface area contributed by atoms with E-state index in [0.717, 1.165) is 9.69 Å². The van der Waals surface area contributed by atoms with Gasteiger partial charge in [-0.2, -0.15) is 0 Å². The highest BCUT2D eigenvalue weighted by Crippen LogP contribution is 2.31. The second-order valence-corrected chi connectivity index (χ2v) is 8.15. The average Bonchev–Trinajstić information content (AvgIpc) is 2.71. The Hall–Kier alpha value is -3.43. The zero-order chi connectivity index (χ0) is 21.0. The van der Waals surface area contributed by atoms with Crippen LogP contribution in [0.25, 0.3) is 10.8 Å². The molecule has 4 N–H and O–H groups in total. The molecule has 8 nitrogen and oxygen atoms in total. The standard InChI is InChI=1S/C20H20N4O4S/c1-14(25)22-16-9-11-17(12-10-16)29(27,28)24(13-20(26)23-21)19-8-4-6-15-5-2-3-7-18(15)19/h2-12H,13,21H2,1H3,(H,22,25)(H,23,26). The molecule has 29 heavy (non-hydrogen) atoms. The van der Waals surface area contributed by atoms with Crippen molar-refractivity contribution in [2.45, 2.75) is 11.8 Å². The van der Waals surface area contributed by atoms with E-state index in [2.05, 4.69) is 5.32 Å². The first-order chi connectivity index (χ1) is 13.8. The molecule has 0 saturated heterocycles. The summed E-state index contributed by atoms with van der Waals surface area (Å²) in [7, 11) is -4.09. The summed E-state index contributed by atoms with van der Waals surface area (Å²) in [6, 6.07) is 18.2. The molecule has 0 bridgehead atoms. The van der Waals surface area contributed by atoms with Crippen molar-refractivity contribution >= 4 is 44.0 Å². The average molecular weight is 412 g/mol. The van der Waals surface area contributed by atoms with E-state index in [9.17, 15) is 18.0 Å². The van der Waals surface area contributed by atoms with Crippen LogP contribution in [0.1, 0.15) is 6.92 Å². The van der Waals surface area contributed by atoms with Crippen LogP contribution in [0.5, 0.6) is 0 Å². The van der Waals surface area contributed by atoms with Crippen molar-refractivity contribution in [1.82, 2.24) is 5.43 Å². The van der Waals surface area contributed by atoms with Crippen LogP contribution < -0.4 is 20.9 Å². The van der Waals surface area contributed by atoms with Crippen LogP contribution in [0.4, 0.5) is 11.4 Å². The van der Waals surface area contributed by atoms with Gasteiger partial charge in [-0.25, -0.2) is 14.3 Å². The highest BCUT2D eigenvalue weighted by Gasteiger charge is 2.28. The molecule has 0 aliphatic carbocycles. The fraction of sp³-hybridized carbons (Fsp3) is 0.100. The van der Waals surface area contributed by atoms with Crippen molar-refractivity contribution in [2.75, 3.05) is 16.2 Å². The van der Waals surface area contributed by atoms with Gasteiger partial charge in [0.2, 0.25) is 5.91 Å². The molecular weight excluding hydrogens is 392 g/mol. The number of nitrogens with two attached hydrogens (primary N) is 1. The Morgan fingerprint density at radius 2 is 1.62 bits per heavy atom. The van der Waals surface area contributed by atoms with E-state index in [1.807, 2.05) is 23.6 Å². The number of hydrogen-bond acceptors (Lipinski definition) is 5. The van der Waals surface area contributed by atoms with E-state index in [-0.39, 0.29) is 10.8 Å². The molecule has 0 saturated carbocycles. The number of nitrogens with one attached hydrogen (secondary N) is 2. The molecular formula is C20H20N4O4S. The Morgan fingerprint density at radius 1 is 0.966 bits per heavy atom. The number of nitrogens with zero attached hydrogens (tertiary/aromatic N) is 1. The summed E-state index contributed by atoms with van der Waals surface area (Å²) < 4.78 is 27.8. The third-order valence-corrected chi connectivity index (χ3v) is 6.02. The molecule has 9 heteroatoms. The molecule has 3 aromatic rings. The lowest BCUT2D eigenvalue weighted by atomic mass is 10.1. The van der Waals surface area contributed by atoms with Crippen LogP contribution in [0.3, 0.4) is 0 Å². The van der Waals surface area contributed by atoms with Gasteiger partial charge in [-0.1, -0.05) is 36.4 Å². The highest BCUT2D eigenvalue weighted by molar-refractivity contribution is 7.92. The van der Waals surface area contributed by atoms with Crippen molar-refractivity contribution in [2.24, 2.45) is 5.84 Å². The first kappa shape index (κ1) is 20.3. The SMILES string of the molecule is CC(=O)Nc1ccc(S(=O)(=O)N(CC(=O)NN)c2cccc3ccccc23)cc1. The molecule has 0 fully saturated rings. The molecule has 2 amide bonds. The minimum atomic E-state index is -4.09. The predicted molar refractivity (Wildman–Crippen MR) is 112 cm³/mol. The second-order valence-electron chi connectivity index (χ2n) is 6.28. The van der Waals surface area contributed by atoms with Crippen molar-refractivity contribution in [3.05, 3.63) is 66.7 Å². The van der Waals surface area contributed by atoms with Gasteiger partial charge in [0.25, 0.3) is 15.9 Å². The van der Waals surface area contributed by atoms with Gasteiger partial charge in [0, 0.05) is 18.0 Å². The summed E-state index contributed by atoms with van der Waals surface area (Å²) >= 11 is 0. The number of carbonyl (C=O) groups excluding carboxylic acids is 2. The van der Waals surface area contributed by atoms with Crippen molar-refractivity contribution < 1.29 is 18.0 Å². The third kappa shape index (κ3) is 4.36. The highest BCUT2D eigenvalue weighted by atomic mass is 32.2. The summed E-state index contributed by atoms with van der Waals surface area (Å²) in [5.74, 6) is 4.28. The van der Waals surface area contributed by atoms with Gasteiger partial charge in [0.1, 0.15) is 6.54 Å². The molecule has 0 unspecified atom stereocenters. The molecule has 0 aromatic heterocycles. The minimum absolute atomic E-state index is 0.0237. The number of anilines is 2. The fourth-order valence-electron chi connectivity index (χ4n) is 2.94. The summed E-state index contributed by atoms with van der Waals surface area (Å²) in [4.78, 5) is 23.1. The topological polar surface area (TPSA) is 122 Å². The maximum atomic E-state index is 13.4. The van der Waals surface area contributed by atoms with Gasteiger partial charge in [-0.3, -0.25) is 19.3 Å². The quantitative estimate of drug-likeness (QED) is 0.325. The van der Waals surface area contributed by atoms with Gasteiger partial charge < -0.3 is 5.32 Å². The smallest absolute Gasteiger partial charge is 0.264 e. The normalized spacial score (nSPS) is 11.1. The van der Waals surface area contributed by atoms with Gasteiger partial charge in [0.15, 0.2) is 0 Å². The lowest BCUT2D eigenvalue weighted by Gasteiger charge is -2.25. The maximum absolute atomic E-state index is 13.4. The lowest BCUT2D eigenvalue weighted by Crippen LogP contribution is -2.43. The van der Waals surface area contributed by atoms with Crippen LogP contribution in [0.2, 0.25) is 0 Å². The molecule has 0 heterocycles. The third-order valence-electron chi connectivity index (χ3n) is 4.25. The van der Waals surface area contributed by atoms with Crippen molar-refractivity contribution in [3.63, 3.8) is 0 Å². The number of carbonyl (C=O) groups is 2. The van der Waals surface area contributed by atoms with Gasteiger partial charge in [-0.05, 0) is 35.7 Å². The van der Waals surface area contributed by atoms with Crippen LogP contribution >= 0.6 is 0 Å². The number of hydrazine groups is 1. The Labute approximate surface area is 168 Å². The number of sulfonamides is 1. The Kier molecular flexibility index (Phi) is 5.81. The number of hydrogen-bond donors (Lipinski definition) is 3. The monoisotopic (exact) mass is 412 g/mol. The van der Waals surface area contributed by atoms with E-state index in [1.54, 1.807) is 24.3 Å². The molecule has 0 spiro atoms. The molecule has 0 atom stereocenters. The van der Waals surface area contributed by atoms with Gasteiger partial charge in [-0.15, -0.1) is 0 Å². The zero-order valence-electron chi connectivity index (χ0n) is 15.6. The molecule has 3 aromatic carbocycles. The molecule has 150 valence electrons. The molecule has 0 radical (unpaired) electrons. The van der Waals surface area contributed by atoms with E-state index in [1.165, 1.54) is 31.2 Å². The minimum Gasteiger partial charge on any atom is -0.326 e. The largest absolute Gasteiger partial charge is 0.326 e. The van der Waals surface area contributed by atoms with Gasteiger partial charge >= 0.3 is 0 Å². The zero-order valence-corrected chi connectivity index (χ0v) is 16.4. The number of amides is 2. The molecule has 0 aliphatic rings. The molecule has 0 aliphatic heterocycles. The summed E-state index contributed by atoms with van der Waals surface area (Å²) in [5, 5.41) is 4.09. The number of benzene rings is 3. The van der Waals surface area contributed by atoms with Crippen LogP contribution in [0, 0.1) is 0 Å². The Morgan fingerprint density at radius 3 is 2.28 bits per heavy atom. The number of rotatable bonds is 6. The maximum Gasteiger partial charge on any atom is 0.264 e. The second kappa shape index (κ2) is 8.29. The van der Waals surface area contributed by atoms with E-state index in [4.69, 9.17) is 5.84 Å². The summed E-state index contributed by atoms with van der Waals surface area (Å²) in [5.41, 5.74) is 2.80. The van der Waals surface area contributed by atoms with E-state index < -0.39 is 22.5 Å². The summed E-state index contributed by atoms with van der Waals surface area (Å²) in [6.45, 7) is 0.874. The van der Waals surface area contributed by atoms with Crippen molar-refractivity contribution in [3.8, 4) is 0 Å². The fourth-order valence-corrected chi connectivity index (χ4v) is 4.38. The van der Waals surface area contributed by atoms with Crippen LogP contribution in [-0.4, -0.2) is 26.8 Å². The summed E-state index contributed by atoms with van der Waals surface area (Å²) in [6.07, 6.45) is 0. The van der Waals surface area contributed by atoms with Crippen LogP contribution in [0.15, 0.2) is 71.6 Å². The first-order valence-corrected chi connectivity index (χ1v) is 10.1. The van der Waals surface area contributed by atoms with Crippen molar-refractivity contribution in [1.29, 1.82) is 0 Å². The first-order valence-electron chi connectivity index (χ1n) is 8.70. The van der Waals surface area contributed by atoms with Crippen LogP contribution in [-0.2, 0) is 19.6 Å². The Balaban J connectivity index is 2.10. The number of fused-ring (bicyclic) bond motifs is 1. The van der Waals surface area contributed by atoms with Gasteiger partial charge in [0.05, 0.1) is 10.6 Å². The van der Waals surface area contributed by atoms with E-state index in [0.29, 0.717) is 16.8 Å². The van der Waals surface area contributed by atoms with E-state index >= 15 is 0 Å². The molecule has 3 rings (SSSR count). The Bertz CT molecular complexity index is 1160. The predicted octanol–water partition coefficient (Wildman–Crippen LogP) is 1.98. The lowest BCUT2D eigenvalue weighted by molar-refractivity contribution is -0.119.